The molecule has 1 aliphatic carbocycles. The molecule has 4 heterocycles. The van der Waals surface area contributed by atoms with E-state index in [1.54, 1.807) is 43.5 Å². The highest BCUT2D eigenvalue weighted by molar-refractivity contribution is 7.12. The van der Waals surface area contributed by atoms with Crippen LogP contribution in [0.4, 0.5) is 9.41 Å². The molecule has 5 N–H and O–H groups in total. The number of ether oxygens (including phenoxy) is 2. The van der Waals surface area contributed by atoms with Crippen molar-refractivity contribution in [2.45, 2.75) is 68.9 Å². The Balaban J connectivity index is 0.00000331. The maximum absolute atomic E-state index is 13.4. The van der Waals surface area contributed by atoms with Crippen molar-refractivity contribution in [3.05, 3.63) is 114 Å². The van der Waals surface area contributed by atoms with Crippen molar-refractivity contribution in [2.75, 3.05) is 27.2 Å². The van der Waals surface area contributed by atoms with E-state index in [-0.39, 0.29) is 38.9 Å². The molecule has 4 aromatic heterocycles. The average molecular weight is 874 g/mol. The number of nitrogens with one attached hydrogen (secondary N) is 2. The van der Waals surface area contributed by atoms with Gasteiger partial charge in [0, 0.05) is 48.1 Å². The maximum atomic E-state index is 13.4. The van der Waals surface area contributed by atoms with Gasteiger partial charge in [0.05, 0.1) is 33.5 Å². The molecule has 0 radical (unpaired) electrons. The van der Waals surface area contributed by atoms with Crippen LogP contribution in [0, 0.1) is 0 Å². The number of aliphatic hydroxyl groups excluding tert-OH is 1. The molecule has 0 bridgehead atoms. The molecule has 0 spiro atoms. The molecular formula is C41H46ClF2N5O8S2. The molecule has 0 aliphatic heterocycles. The number of carbonyl (C=O) groups excluding carboxylic acids is 1. The first-order valence-electron chi connectivity index (χ1n) is 18.7. The number of aromatic hydroxyl groups is 1. The van der Waals surface area contributed by atoms with Crippen LogP contribution in [-0.4, -0.2) is 80.7 Å². The highest BCUT2D eigenvalue weighted by atomic mass is 35.5. The summed E-state index contributed by atoms with van der Waals surface area (Å²) in [6.45, 7) is 1.33. The SMILES string of the molecule is COc1cc(-c2noc(CCCN(C)C3CCC(OC(=O)C(O)(c4cccs4)c4cccs4)CC3)n2)c(Cl)cc1CNC[C@H](O)c1ccc(O)c2[nH]c(=O)ccc12.F.F. The molecule has 316 valence electrons. The van der Waals surface area contributed by atoms with Gasteiger partial charge in [-0.25, -0.2) is 4.79 Å². The number of thiophene rings is 2. The number of aromatic nitrogens is 3. The number of aliphatic hydroxyl groups is 2. The number of fused-ring (bicyclic) bond motifs is 1. The molecule has 13 nitrogen and oxygen atoms in total. The number of rotatable bonds is 16. The van der Waals surface area contributed by atoms with Gasteiger partial charge in [-0.3, -0.25) is 14.2 Å². The second-order valence-corrected chi connectivity index (χ2v) is 16.5. The van der Waals surface area contributed by atoms with E-state index < -0.39 is 17.7 Å². The van der Waals surface area contributed by atoms with Crippen LogP contribution in [0.1, 0.15) is 65.0 Å². The van der Waals surface area contributed by atoms with Crippen molar-refractivity contribution in [3.63, 3.8) is 0 Å². The summed E-state index contributed by atoms with van der Waals surface area (Å²) in [5, 5.41) is 44.8. The molecule has 0 unspecified atom stereocenters. The number of pyridine rings is 1. The summed E-state index contributed by atoms with van der Waals surface area (Å²) in [7, 11) is 3.66. The monoisotopic (exact) mass is 873 g/mol. The van der Waals surface area contributed by atoms with Gasteiger partial charge < -0.3 is 44.5 Å². The van der Waals surface area contributed by atoms with E-state index in [9.17, 15) is 24.9 Å². The Kier molecular flexibility index (Phi) is 15.4. The predicted molar refractivity (Wildman–Crippen MR) is 224 cm³/mol. The molecule has 1 aliphatic rings. The summed E-state index contributed by atoms with van der Waals surface area (Å²) in [5.41, 5.74) is 0.0112. The number of benzene rings is 2. The summed E-state index contributed by atoms with van der Waals surface area (Å²) in [6.07, 6.45) is 3.41. The average Bonchev–Trinajstić information content (AvgIpc) is 4.03. The second kappa shape index (κ2) is 20.0. The summed E-state index contributed by atoms with van der Waals surface area (Å²) >= 11 is 9.39. The van der Waals surface area contributed by atoms with Crippen LogP contribution in [0.5, 0.6) is 11.5 Å². The quantitative estimate of drug-likeness (QED) is 0.0639. The first-order chi connectivity index (χ1) is 27.5. The Hall–Kier alpha value is -4.75. The molecule has 2 aromatic carbocycles. The summed E-state index contributed by atoms with van der Waals surface area (Å²) < 4.78 is 17.2. The van der Waals surface area contributed by atoms with Crippen molar-refractivity contribution in [3.8, 4) is 22.9 Å². The molecule has 6 aromatic rings. The molecule has 18 heteroatoms. The first-order valence-corrected chi connectivity index (χ1v) is 20.8. The molecule has 1 atom stereocenters. The summed E-state index contributed by atoms with van der Waals surface area (Å²) in [6, 6.07) is 17.1. The number of nitrogens with zero attached hydrogens (tertiary/aromatic N) is 3. The first kappa shape index (κ1) is 45.3. The van der Waals surface area contributed by atoms with E-state index in [4.69, 9.17) is 25.6 Å². The number of aromatic amines is 1. The molecule has 1 saturated carbocycles. The standard InChI is InChI=1S/C41H44ClN5O8S2.2FH/c1-47(25-9-11-26(12-10-25)54-40(51)41(52,34-6-4-18-56-34)35-7-5-19-57-35)17-3-8-37-45-39(46-55-37)29-21-33(53-2)24(20-30(29)42)22-43-23-32(49)27-13-15-31(48)38-28(27)14-16-36(50)44-38;;/h4-7,13-16,18-21,25-26,32,43,48-49,52H,3,8-12,17,22-23H2,1-2H3,(H,44,50);2*1H/t25?,26?,32-;;/m0../s1. The fourth-order valence-electron chi connectivity index (χ4n) is 7.36. The van der Waals surface area contributed by atoms with E-state index in [1.165, 1.54) is 34.8 Å². The van der Waals surface area contributed by atoms with Crippen molar-refractivity contribution < 1.29 is 43.5 Å². The third-order valence-corrected chi connectivity index (χ3v) is 12.8. The van der Waals surface area contributed by atoms with Gasteiger partial charge in [-0.15, -0.1) is 22.7 Å². The Morgan fingerprint density at radius 1 is 1.08 bits per heavy atom. The maximum Gasteiger partial charge on any atom is 0.349 e. The van der Waals surface area contributed by atoms with Crippen LogP contribution in [0.15, 0.2) is 80.7 Å². The summed E-state index contributed by atoms with van der Waals surface area (Å²) in [5.74, 6) is 0.717. The fraction of sp³-hybridized carbons (Fsp3) is 0.366. The highest BCUT2D eigenvalue weighted by Crippen LogP contribution is 2.38. The number of aryl methyl sites for hydroxylation is 1. The Labute approximate surface area is 351 Å². The topological polar surface area (TPSA) is 183 Å². The minimum absolute atomic E-state index is 0. The normalized spacial score (nSPS) is 16.0. The number of methoxy groups -OCH3 is 1. The van der Waals surface area contributed by atoms with Gasteiger partial charge >= 0.3 is 5.97 Å². The fourth-order valence-corrected chi connectivity index (χ4v) is 9.34. The predicted octanol–water partition coefficient (Wildman–Crippen LogP) is 6.85. The second-order valence-electron chi connectivity index (χ2n) is 14.2. The van der Waals surface area contributed by atoms with Gasteiger partial charge in [0.1, 0.15) is 17.6 Å². The Morgan fingerprint density at radius 2 is 1.80 bits per heavy atom. The lowest BCUT2D eigenvalue weighted by Crippen LogP contribution is -2.42. The summed E-state index contributed by atoms with van der Waals surface area (Å²) in [4.78, 5) is 35.8. The Bertz CT molecular complexity index is 2320. The van der Waals surface area contributed by atoms with Gasteiger partial charge in [0.2, 0.25) is 22.9 Å². The highest BCUT2D eigenvalue weighted by Gasteiger charge is 2.45. The number of phenolic OH excluding ortho intramolecular Hbond substituents is 1. The van der Waals surface area contributed by atoms with E-state index in [0.29, 0.717) is 67.8 Å². The van der Waals surface area contributed by atoms with Crippen LogP contribution >= 0.6 is 34.3 Å². The van der Waals surface area contributed by atoms with Crippen LogP contribution < -0.4 is 15.6 Å². The van der Waals surface area contributed by atoms with Gasteiger partial charge in [-0.05, 0) is 98.4 Å². The molecule has 0 amide bonds. The number of hydrogen-bond acceptors (Lipinski definition) is 14. The van der Waals surface area contributed by atoms with Gasteiger partial charge in [0.15, 0.2) is 0 Å². The molecule has 1 fully saturated rings. The van der Waals surface area contributed by atoms with Crippen molar-refractivity contribution in [1.82, 2.24) is 25.3 Å². The minimum Gasteiger partial charge on any atom is -0.506 e. The smallest absolute Gasteiger partial charge is 0.349 e. The number of phenols is 1. The molecule has 0 saturated heterocycles. The zero-order valence-electron chi connectivity index (χ0n) is 32.3. The van der Waals surface area contributed by atoms with E-state index in [0.717, 1.165) is 44.2 Å². The van der Waals surface area contributed by atoms with Gasteiger partial charge in [-0.1, -0.05) is 35.0 Å². The lowest BCUT2D eigenvalue weighted by atomic mass is 9.91. The van der Waals surface area contributed by atoms with E-state index in [1.807, 2.05) is 22.9 Å². The van der Waals surface area contributed by atoms with Crippen LogP contribution in [0.2, 0.25) is 5.02 Å². The molecule has 7 rings (SSSR count). The third-order valence-electron chi connectivity index (χ3n) is 10.5. The zero-order chi connectivity index (χ0) is 40.1. The van der Waals surface area contributed by atoms with Gasteiger partial charge in [-0.2, -0.15) is 4.98 Å². The molecule has 59 heavy (non-hydrogen) atoms. The number of esters is 1. The van der Waals surface area contributed by atoms with E-state index in [2.05, 4.69) is 32.4 Å². The van der Waals surface area contributed by atoms with Crippen LogP contribution in [0.3, 0.4) is 0 Å². The van der Waals surface area contributed by atoms with Gasteiger partial charge in [0.25, 0.3) is 0 Å². The van der Waals surface area contributed by atoms with E-state index >= 15 is 0 Å². The molecular weight excluding hydrogens is 828 g/mol. The van der Waals surface area contributed by atoms with Crippen LogP contribution in [0.25, 0.3) is 22.3 Å². The lowest BCUT2D eigenvalue weighted by Gasteiger charge is -2.35. The van der Waals surface area contributed by atoms with Crippen molar-refractivity contribution in [2.24, 2.45) is 0 Å². The third kappa shape index (κ3) is 10.0. The van der Waals surface area contributed by atoms with Crippen LogP contribution in [-0.2, 0) is 28.1 Å². The van der Waals surface area contributed by atoms with Crippen molar-refractivity contribution >= 4 is 51.1 Å². The minimum atomic E-state index is -1.80. The number of H-pyrrole nitrogens is 1. The largest absolute Gasteiger partial charge is 0.506 e. The number of halogens is 3. The number of hydrogen-bond donors (Lipinski definition) is 5. The zero-order valence-corrected chi connectivity index (χ0v) is 34.6. The van der Waals surface area contributed by atoms with Crippen molar-refractivity contribution in [1.29, 1.82) is 0 Å². The lowest BCUT2D eigenvalue weighted by molar-refractivity contribution is -0.169. The Morgan fingerprint density at radius 3 is 2.46 bits per heavy atom. The number of carbonyl (C=O) groups is 1.